The third-order valence-corrected chi connectivity index (χ3v) is 6.12. The maximum Gasteiger partial charge on any atom is 0.187 e. The molecule has 164 valence electrons. The Morgan fingerprint density at radius 2 is 1.41 bits per heavy atom. The third-order valence-electron chi connectivity index (χ3n) is 4.96. The van der Waals surface area contributed by atoms with Crippen LogP contribution in [0.5, 0.6) is 0 Å². The lowest BCUT2D eigenvalue weighted by Crippen LogP contribution is -2.64. The van der Waals surface area contributed by atoms with Gasteiger partial charge in [0.05, 0.1) is 13.2 Å². The lowest BCUT2D eigenvalue weighted by Gasteiger charge is -2.46. The molecule has 0 amide bonds. The molecule has 3 rings (SSSR count). The van der Waals surface area contributed by atoms with Gasteiger partial charge in [0, 0.05) is 4.90 Å². The number of benzene rings is 1. The maximum atomic E-state index is 10.6. The summed E-state index contributed by atoms with van der Waals surface area (Å²) >= 11 is 1.16. The van der Waals surface area contributed by atoms with Crippen molar-refractivity contribution < 1.29 is 50.0 Å². The van der Waals surface area contributed by atoms with Gasteiger partial charge in [0.25, 0.3) is 0 Å². The quantitative estimate of drug-likeness (QED) is 0.251. The molecule has 2 aliphatic heterocycles. The highest BCUT2D eigenvalue weighted by atomic mass is 32.2. The van der Waals surface area contributed by atoms with Crippen molar-refractivity contribution in [2.45, 2.75) is 65.5 Å². The summed E-state index contributed by atoms with van der Waals surface area (Å²) in [5, 5.41) is 69.8. The van der Waals surface area contributed by atoms with E-state index in [9.17, 15) is 35.7 Å². The van der Waals surface area contributed by atoms with Crippen molar-refractivity contribution in [2.75, 3.05) is 13.2 Å². The van der Waals surface area contributed by atoms with Gasteiger partial charge in [0.2, 0.25) is 0 Å². The minimum Gasteiger partial charge on any atom is -0.394 e. The van der Waals surface area contributed by atoms with Crippen LogP contribution in [0.2, 0.25) is 0 Å². The fourth-order valence-electron chi connectivity index (χ4n) is 3.29. The van der Waals surface area contributed by atoms with E-state index in [1.165, 1.54) is 0 Å². The Kier molecular flexibility index (Phi) is 7.87. The van der Waals surface area contributed by atoms with Gasteiger partial charge in [0.1, 0.15) is 54.3 Å². The zero-order valence-corrected chi connectivity index (χ0v) is 16.2. The second-order valence-electron chi connectivity index (χ2n) is 6.94. The molecule has 0 spiro atoms. The van der Waals surface area contributed by atoms with E-state index in [0.29, 0.717) is 0 Å². The summed E-state index contributed by atoms with van der Waals surface area (Å²) in [5.41, 5.74) is -0.890. The monoisotopic (exact) mass is 434 g/mol. The van der Waals surface area contributed by atoms with Gasteiger partial charge in [-0.3, -0.25) is 0 Å². The number of rotatable bonds is 6. The first-order valence-corrected chi connectivity index (χ1v) is 10.1. The molecule has 7 N–H and O–H groups in total. The van der Waals surface area contributed by atoms with E-state index in [2.05, 4.69) is 0 Å². The summed E-state index contributed by atoms with van der Waals surface area (Å²) in [7, 11) is 0. The Morgan fingerprint density at radius 3 is 2.03 bits per heavy atom. The Balaban J connectivity index is 1.71. The average molecular weight is 434 g/mol. The SMILES string of the molecule is OC[C@@H]1O[C@H](O[C@H]2[C@@H](O)[C@@H](O)[C@H](Sc3ccccc3)O[C@H]2CO)[C@H](O)[C@H](O)[C@@H]1O. The molecule has 29 heavy (non-hydrogen) atoms. The first kappa shape index (κ1) is 22.8. The van der Waals surface area contributed by atoms with E-state index in [0.717, 1.165) is 16.7 Å². The molecule has 0 bridgehead atoms. The van der Waals surface area contributed by atoms with Crippen LogP contribution in [0.1, 0.15) is 0 Å². The summed E-state index contributed by atoms with van der Waals surface area (Å²) in [6, 6.07) is 9.05. The largest absolute Gasteiger partial charge is 0.394 e. The van der Waals surface area contributed by atoms with Crippen molar-refractivity contribution in [3.8, 4) is 0 Å². The Labute approximate surface area is 171 Å². The molecule has 0 unspecified atom stereocenters. The predicted octanol–water partition coefficient (Wildman–Crippen LogP) is -2.60. The summed E-state index contributed by atoms with van der Waals surface area (Å²) in [4.78, 5) is 0.786. The number of ether oxygens (including phenoxy) is 3. The van der Waals surface area contributed by atoms with Crippen LogP contribution in [0.25, 0.3) is 0 Å². The van der Waals surface area contributed by atoms with Gasteiger partial charge in [0.15, 0.2) is 6.29 Å². The van der Waals surface area contributed by atoms with Gasteiger partial charge in [-0.15, -0.1) is 0 Å². The molecule has 1 aromatic carbocycles. The van der Waals surface area contributed by atoms with Crippen LogP contribution >= 0.6 is 11.8 Å². The number of hydrogen-bond acceptors (Lipinski definition) is 11. The lowest BCUT2D eigenvalue weighted by atomic mass is 9.97. The van der Waals surface area contributed by atoms with E-state index >= 15 is 0 Å². The fraction of sp³-hybridized carbons (Fsp3) is 0.667. The molecule has 1 aromatic rings. The zero-order chi connectivity index (χ0) is 21.1. The van der Waals surface area contributed by atoms with Gasteiger partial charge < -0.3 is 50.0 Å². The second-order valence-corrected chi connectivity index (χ2v) is 8.11. The van der Waals surface area contributed by atoms with Crippen LogP contribution in [0.3, 0.4) is 0 Å². The first-order chi connectivity index (χ1) is 13.9. The van der Waals surface area contributed by atoms with Crippen LogP contribution in [0.15, 0.2) is 35.2 Å². The molecule has 2 fully saturated rings. The van der Waals surface area contributed by atoms with Crippen LogP contribution in [0, 0.1) is 0 Å². The molecule has 2 heterocycles. The molecule has 11 heteroatoms. The van der Waals surface area contributed by atoms with E-state index in [4.69, 9.17) is 14.2 Å². The highest BCUT2D eigenvalue weighted by Crippen LogP contribution is 2.35. The Hall–Kier alpha value is -0.830. The summed E-state index contributed by atoms with van der Waals surface area (Å²) in [6.45, 7) is -1.20. The third kappa shape index (κ3) is 4.92. The first-order valence-electron chi connectivity index (χ1n) is 9.17. The maximum absolute atomic E-state index is 10.6. The van der Waals surface area contributed by atoms with E-state index in [1.54, 1.807) is 12.1 Å². The number of thioether (sulfide) groups is 1. The van der Waals surface area contributed by atoms with Gasteiger partial charge in [-0.05, 0) is 12.1 Å². The van der Waals surface area contributed by atoms with Crippen LogP contribution in [-0.4, -0.2) is 110 Å². The molecule has 2 saturated heterocycles. The number of aliphatic hydroxyl groups excluding tert-OH is 7. The van der Waals surface area contributed by atoms with Crippen molar-refractivity contribution in [3.05, 3.63) is 30.3 Å². The van der Waals surface area contributed by atoms with Crippen molar-refractivity contribution in [1.82, 2.24) is 0 Å². The molecule has 10 nitrogen and oxygen atoms in total. The Bertz CT molecular complexity index is 632. The Morgan fingerprint density at radius 1 is 0.759 bits per heavy atom. The number of aliphatic hydroxyl groups is 7. The minimum absolute atomic E-state index is 0.558. The fourth-order valence-corrected chi connectivity index (χ4v) is 4.37. The predicted molar refractivity (Wildman–Crippen MR) is 98.7 cm³/mol. The van der Waals surface area contributed by atoms with Gasteiger partial charge in [-0.2, -0.15) is 0 Å². The minimum atomic E-state index is -1.69. The molecule has 0 saturated carbocycles. The highest BCUT2D eigenvalue weighted by Gasteiger charge is 2.50. The van der Waals surface area contributed by atoms with Crippen molar-refractivity contribution >= 4 is 11.8 Å². The second kappa shape index (κ2) is 9.98. The van der Waals surface area contributed by atoms with Gasteiger partial charge in [-0.25, -0.2) is 0 Å². The van der Waals surface area contributed by atoms with Crippen molar-refractivity contribution in [2.24, 2.45) is 0 Å². The van der Waals surface area contributed by atoms with Crippen molar-refractivity contribution in [3.63, 3.8) is 0 Å². The number of hydrogen-bond donors (Lipinski definition) is 7. The van der Waals surface area contributed by atoms with Crippen LogP contribution < -0.4 is 0 Å². The molecule has 0 aliphatic carbocycles. The van der Waals surface area contributed by atoms with Crippen LogP contribution in [0.4, 0.5) is 0 Å². The van der Waals surface area contributed by atoms with E-state index in [-0.39, 0.29) is 0 Å². The molecule has 0 aromatic heterocycles. The van der Waals surface area contributed by atoms with Crippen LogP contribution in [-0.2, 0) is 14.2 Å². The molecule has 0 radical (unpaired) electrons. The molecule has 2 aliphatic rings. The topological polar surface area (TPSA) is 169 Å². The van der Waals surface area contributed by atoms with Crippen molar-refractivity contribution in [1.29, 1.82) is 0 Å². The van der Waals surface area contributed by atoms with Gasteiger partial charge >= 0.3 is 0 Å². The van der Waals surface area contributed by atoms with E-state index in [1.807, 2.05) is 18.2 Å². The standard InChI is InChI=1S/C18H26O10S/c19-6-9-11(21)12(22)14(24)17(26-9)28-16-10(7-20)27-18(15(25)13(16)23)29-8-4-2-1-3-5-8/h1-5,9-25H,6-7H2/t9-,10-,11+,12+,13-,14+,15+,16+,17+,18-/m0/s1. The zero-order valence-electron chi connectivity index (χ0n) is 15.3. The average Bonchev–Trinajstić information content (AvgIpc) is 2.74. The summed E-state index contributed by atoms with van der Waals surface area (Å²) in [5.74, 6) is 0. The smallest absolute Gasteiger partial charge is 0.187 e. The molecular formula is C18H26O10S. The van der Waals surface area contributed by atoms with Gasteiger partial charge in [-0.1, -0.05) is 30.0 Å². The normalized spacial score (nSPS) is 43.3. The highest BCUT2D eigenvalue weighted by molar-refractivity contribution is 7.99. The lowest BCUT2D eigenvalue weighted by molar-refractivity contribution is -0.338. The summed E-state index contributed by atoms with van der Waals surface area (Å²) < 4.78 is 16.5. The van der Waals surface area contributed by atoms with E-state index < -0.39 is 73.8 Å². The molecular weight excluding hydrogens is 408 g/mol. The summed E-state index contributed by atoms with van der Waals surface area (Å²) in [6.07, 6.45) is -12.9. The molecule has 10 atom stereocenters.